The highest BCUT2D eigenvalue weighted by Crippen LogP contribution is 2.21. The summed E-state index contributed by atoms with van der Waals surface area (Å²) in [4.78, 5) is 47.9. The van der Waals surface area contributed by atoms with Gasteiger partial charge in [-0.05, 0) is 71.5 Å². The molecule has 0 aliphatic carbocycles. The molecule has 206 valence electrons. The van der Waals surface area contributed by atoms with Crippen LogP contribution in [0.15, 0.2) is 97.6 Å². The minimum atomic E-state index is -0.471. The van der Waals surface area contributed by atoms with E-state index in [0.717, 1.165) is 34.4 Å². The van der Waals surface area contributed by atoms with Crippen molar-refractivity contribution in [3.8, 4) is 0 Å². The zero-order valence-corrected chi connectivity index (χ0v) is 22.6. The molecule has 8 nitrogen and oxygen atoms in total. The van der Waals surface area contributed by atoms with Gasteiger partial charge in [0.1, 0.15) is 6.04 Å². The molecule has 0 saturated carbocycles. The second-order valence-corrected chi connectivity index (χ2v) is 9.94. The van der Waals surface area contributed by atoms with Crippen molar-refractivity contribution in [3.63, 3.8) is 0 Å². The molecule has 0 bridgehead atoms. The van der Waals surface area contributed by atoms with Crippen LogP contribution in [0.3, 0.4) is 0 Å². The Hall–Kier alpha value is -5.11. The van der Waals surface area contributed by atoms with Gasteiger partial charge in [0, 0.05) is 42.7 Å². The lowest BCUT2D eigenvalue weighted by Crippen LogP contribution is -2.43. The first kappa shape index (κ1) is 27.5. The molecule has 1 aliphatic heterocycles. The fourth-order valence-corrected chi connectivity index (χ4v) is 4.78. The van der Waals surface area contributed by atoms with Crippen molar-refractivity contribution in [3.05, 3.63) is 120 Å². The van der Waals surface area contributed by atoms with Crippen molar-refractivity contribution in [1.82, 2.24) is 14.9 Å². The van der Waals surface area contributed by atoms with Crippen LogP contribution in [0.5, 0.6) is 0 Å². The van der Waals surface area contributed by atoms with E-state index in [4.69, 9.17) is 0 Å². The van der Waals surface area contributed by atoms with Gasteiger partial charge in [0.2, 0.25) is 17.7 Å². The molecule has 0 spiro atoms. The molecule has 0 radical (unpaired) electrons. The maximum atomic E-state index is 13.0. The number of benzene rings is 2. The fourth-order valence-electron chi connectivity index (χ4n) is 4.78. The molecule has 5 rings (SSSR count). The van der Waals surface area contributed by atoms with E-state index in [9.17, 15) is 14.4 Å². The molecule has 1 saturated heterocycles. The van der Waals surface area contributed by atoms with Crippen LogP contribution in [0, 0.1) is 0 Å². The van der Waals surface area contributed by atoms with Crippen molar-refractivity contribution in [1.29, 1.82) is 0 Å². The number of nitrogens with one attached hydrogen (secondary N) is 2. The van der Waals surface area contributed by atoms with Crippen LogP contribution in [0.1, 0.15) is 35.1 Å². The molecule has 41 heavy (non-hydrogen) atoms. The van der Waals surface area contributed by atoms with Crippen LogP contribution in [-0.4, -0.2) is 45.2 Å². The van der Waals surface area contributed by atoms with E-state index in [2.05, 4.69) is 20.6 Å². The van der Waals surface area contributed by atoms with E-state index in [1.54, 1.807) is 35.8 Å². The van der Waals surface area contributed by atoms with E-state index in [1.807, 2.05) is 78.9 Å². The first-order chi connectivity index (χ1) is 20.0. The first-order valence-corrected chi connectivity index (χ1v) is 13.6. The number of pyridine rings is 2. The van der Waals surface area contributed by atoms with Gasteiger partial charge in [-0.3, -0.25) is 24.4 Å². The lowest BCUT2D eigenvalue weighted by atomic mass is 10.1. The zero-order valence-electron chi connectivity index (χ0n) is 22.6. The van der Waals surface area contributed by atoms with Gasteiger partial charge in [0.15, 0.2) is 0 Å². The van der Waals surface area contributed by atoms with Crippen LogP contribution in [0.2, 0.25) is 0 Å². The predicted octanol–water partition coefficient (Wildman–Crippen LogP) is 5.00. The number of anilines is 2. The summed E-state index contributed by atoms with van der Waals surface area (Å²) in [5.41, 5.74) is 5.09. The Labute approximate surface area is 239 Å². The van der Waals surface area contributed by atoms with Crippen molar-refractivity contribution in [2.45, 2.75) is 31.7 Å². The Morgan fingerprint density at radius 2 is 1.32 bits per heavy atom. The van der Waals surface area contributed by atoms with Crippen LogP contribution >= 0.6 is 0 Å². The Morgan fingerprint density at radius 1 is 0.756 bits per heavy atom. The van der Waals surface area contributed by atoms with Gasteiger partial charge in [0.25, 0.3) is 0 Å². The number of nitrogens with zero attached hydrogens (tertiary/aromatic N) is 3. The SMILES string of the molecule is O=C(Cc1cccnc1)Nc1ccc(C=Cc2ccc(NC(=O)[C@@H]3CCCN3C(=O)Cc3cccnc3)cc2)cc1. The van der Waals surface area contributed by atoms with Gasteiger partial charge >= 0.3 is 0 Å². The Balaban J connectivity index is 1.11. The van der Waals surface area contributed by atoms with Crippen molar-refractivity contribution in [2.75, 3.05) is 17.2 Å². The summed E-state index contributed by atoms with van der Waals surface area (Å²) >= 11 is 0. The second-order valence-electron chi connectivity index (χ2n) is 9.94. The fraction of sp³-hybridized carbons (Fsp3) is 0.182. The number of amides is 3. The molecule has 2 aromatic heterocycles. The molecule has 1 aliphatic rings. The summed E-state index contributed by atoms with van der Waals surface area (Å²) in [5.74, 6) is -0.320. The highest BCUT2D eigenvalue weighted by atomic mass is 16.2. The molecule has 1 atom stereocenters. The highest BCUT2D eigenvalue weighted by Gasteiger charge is 2.33. The van der Waals surface area contributed by atoms with Crippen LogP contribution in [-0.2, 0) is 27.2 Å². The number of hydrogen-bond acceptors (Lipinski definition) is 5. The Kier molecular flexibility index (Phi) is 8.91. The quantitative estimate of drug-likeness (QED) is 0.288. The number of carbonyl (C=O) groups excluding carboxylic acids is 3. The first-order valence-electron chi connectivity index (χ1n) is 13.6. The zero-order chi connectivity index (χ0) is 28.4. The third-order valence-electron chi connectivity index (χ3n) is 6.88. The van der Waals surface area contributed by atoms with E-state index in [1.165, 1.54) is 0 Å². The van der Waals surface area contributed by atoms with Gasteiger partial charge in [-0.2, -0.15) is 0 Å². The highest BCUT2D eigenvalue weighted by molar-refractivity contribution is 5.98. The molecule has 3 heterocycles. The number of aromatic nitrogens is 2. The van der Waals surface area contributed by atoms with Gasteiger partial charge in [0.05, 0.1) is 12.8 Å². The summed E-state index contributed by atoms with van der Waals surface area (Å²) in [5, 5.41) is 5.87. The third kappa shape index (κ3) is 7.73. The van der Waals surface area contributed by atoms with Crippen LogP contribution in [0.25, 0.3) is 12.2 Å². The summed E-state index contributed by atoms with van der Waals surface area (Å²) in [6.07, 6.45) is 12.7. The minimum Gasteiger partial charge on any atom is -0.330 e. The summed E-state index contributed by atoms with van der Waals surface area (Å²) in [6, 6.07) is 22.1. The van der Waals surface area contributed by atoms with E-state index >= 15 is 0 Å². The molecular formula is C33H31N5O3. The number of rotatable bonds is 9. The molecule has 4 aromatic rings. The minimum absolute atomic E-state index is 0.0590. The molecule has 1 fully saturated rings. The number of likely N-dealkylation sites (tertiary alicyclic amines) is 1. The lowest BCUT2D eigenvalue weighted by Gasteiger charge is -2.24. The smallest absolute Gasteiger partial charge is 0.247 e. The average molecular weight is 546 g/mol. The van der Waals surface area contributed by atoms with E-state index in [0.29, 0.717) is 18.7 Å². The molecule has 8 heteroatoms. The average Bonchev–Trinajstić information content (AvgIpc) is 3.49. The third-order valence-corrected chi connectivity index (χ3v) is 6.88. The number of carbonyl (C=O) groups is 3. The molecular weight excluding hydrogens is 514 g/mol. The van der Waals surface area contributed by atoms with E-state index < -0.39 is 6.04 Å². The van der Waals surface area contributed by atoms with E-state index in [-0.39, 0.29) is 30.6 Å². The summed E-state index contributed by atoms with van der Waals surface area (Å²) in [7, 11) is 0. The largest absolute Gasteiger partial charge is 0.330 e. The molecule has 0 unspecified atom stereocenters. The normalized spacial score (nSPS) is 14.6. The van der Waals surface area contributed by atoms with Gasteiger partial charge in [-0.1, -0.05) is 48.6 Å². The Bertz CT molecular complexity index is 1500. The monoisotopic (exact) mass is 545 g/mol. The van der Waals surface area contributed by atoms with Crippen LogP contribution < -0.4 is 10.6 Å². The van der Waals surface area contributed by atoms with Crippen molar-refractivity contribution < 1.29 is 14.4 Å². The predicted molar refractivity (Wildman–Crippen MR) is 160 cm³/mol. The standard InChI is InChI=1S/C33H31N5O3/c39-31(20-26-4-1-17-34-22-26)36-28-13-9-24(10-14-28)7-8-25-11-15-29(16-12-25)37-33(41)30-6-3-19-38(30)32(40)21-27-5-2-18-35-23-27/h1-2,4-5,7-18,22-23,30H,3,6,19-21H2,(H,36,39)(H,37,41)/t30-/m0/s1. The molecule has 2 N–H and O–H groups in total. The second kappa shape index (κ2) is 13.3. The van der Waals surface area contributed by atoms with Gasteiger partial charge < -0.3 is 15.5 Å². The topological polar surface area (TPSA) is 104 Å². The van der Waals surface area contributed by atoms with Gasteiger partial charge in [-0.15, -0.1) is 0 Å². The molecule has 3 amide bonds. The number of hydrogen-bond donors (Lipinski definition) is 2. The summed E-state index contributed by atoms with van der Waals surface area (Å²) < 4.78 is 0. The maximum absolute atomic E-state index is 13.0. The lowest BCUT2D eigenvalue weighted by molar-refractivity contribution is -0.136. The van der Waals surface area contributed by atoms with Crippen LogP contribution in [0.4, 0.5) is 11.4 Å². The Morgan fingerprint density at radius 3 is 1.88 bits per heavy atom. The van der Waals surface area contributed by atoms with Gasteiger partial charge in [-0.25, -0.2) is 0 Å². The summed E-state index contributed by atoms with van der Waals surface area (Å²) in [6.45, 7) is 0.583. The molecule has 2 aromatic carbocycles. The van der Waals surface area contributed by atoms with Crippen molar-refractivity contribution in [2.24, 2.45) is 0 Å². The van der Waals surface area contributed by atoms with Crippen molar-refractivity contribution >= 4 is 41.2 Å². The maximum Gasteiger partial charge on any atom is 0.247 e.